The smallest absolute Gasteiger partial charge is 0.676 e. The number of fused-ring (bicyclic) bond motifs is 1. The molecule has 2 aromatic rings. The molecule has 2 aliphatic rings. The number of aliphatic hydroxyl groups is 2. The Balaban J connectivity index is 0.000000342. The molecular formula is C16H26N7O7PPt. The first-order valence-electron chi connectivity index (χ1n) is 9.65. The first kappa shape index (κ1) is 27.2. The summed E-state index contributed by atoms with van der Waals surface area (Å²) in [5, 5.41) is 20.1. The molecule has 182 valence electrons. The van der Waals surface area contributed by atoms with E-state index in [-0.39, 0.29) is 44.6 Å². The molecule has 0 spiro atoms. The van der Waals surface area contributed by atoms with E-state index in [4.69, 9.17) is 31.7 Å². The van der Waals surface area contributed by atoms with Crippen LogP contribution in [0, 0.1) is 0 Å². The van der Waals surface area contributed by atoms with Gasteiger partial charge in [0.2, 0.25) is 0 Å². The van der Waals surface area contributed by atoms with E-state index in [1.165, 1.54) is 30.1 Å². The molecule has 0 bridgehead atoms. The monoisotopic (exact) mass is 654 g/mol. The Hall–Kier alpha value is -1.05. The fraction of sp³-hybridized carbons (Fsp3) is 0.688. The largest absolute Gasteiger partial charge is 2.00 e. The Bertz CT molecular complexity index is 921. The molecule has 8 N–H and O–H groups in total. The standard InChI is InChI=1S/C10H14N5O7P.C6H12N2.Pt/c11-8-5-9(13-2-12-8)15(3-14-5)10-7(17)6(16)4(22-10)1-21-23(18,19)20;7-5-3-1-2-4-6(5)8;/h2-4,6-7,10,16-17H,1H2,(H2,11,12,13)(H2,18,19,20);5-8H,1-4H2;/q;-2;+2. The third-order valence-corrected chi connectivity index (χ3v) is 5.66. The first-order valence-corrected chi connectivity index (χ1v) is 11.2. The maximum Gasteiger partial charge on any atom is 2.00 e. The minimum Gasteiger partial charge on any atom is -0.676 e. The number of ether oxygens (including phenoxy) is 1. The van der Waals surface area contributed by atoms with Crippen molar-refractivity contribution in [1.29, 1.82) is 0 Å². The summed E-state index contributed by atoms with van der Waals surface area (Å²) in [6.07, 6.45) is 1.76. The number of nitrogens with zero attached hydrogens (tertiary/aromatic N) is 4. The molecule has 0 aromatic carbocycles. The second-order valence-corrected chi connectivity index (χ2v) is 8.65. The van der Waals surface area contributed by atoms with Gasteiger partial charge in [-0.15, -0.1) is 0 Å². The number of phosphoric acid groups is 1. The zero-order valence-corrected chi connectivity index (χ0v) is 20.0. The molecule has 1 saturated heterocycles. The molecule has 0 radical (unpaired) electrons. The third-order valence-electron chi connectivity index (χ3n) is 5.17. The van der Waals surface area contributed by atoms with Crippen LogP contribution in [0.25, 0.3) is 22.6 Å². The Morgan fingerprint density at radius 2 is 1.78 bits per heavy atom. The van der Waals surface area contributed by atoms with Gasteiger partial charge in [-0.1, -0.05) is 25.7 Å². The van der Waals surface area contributed by atoms with Gasteiger partial charge in [0.1, 0.15) is 30.2 Å². The van der Waals surface area contributed by atoms with E-state index < -0.39 is 39.0 Å². The summed E-state index contributed by atoms with van der Waals surface area (Å²) in [6.45, 7) is -0.594. The number of anilines is 1. The molecule has 32 heavy (non-hydrogen) atoms. The summed E-state index contributed by atoms with van der Waals surface area (Å²) in [5.74, 6) is 0.142. The normalized spacial score (nSPS) is 30.4. The Kier molecular flexibility index (Phi) is 9.68. The molecule has 6 atom stereocenters. The molecule has 16 heteroatoms. The summed E-state index contributed by atoms with van der Waals surface area (Å²) in [5.41, 5.74) is 20.8. The minimum atomic E-state index is -4.72. The molecule has 4 rings (SSSR count). The number of hydrogen-bond donors (Lipinski definition) is 5. The van der Waals surface area contributed by atoms with Crippen LogP contribution in [0.3, 0.4) is 0 Å². The van der Waals surface area contributed by atoms with Gasteiger partial charge in [-0.05, 0) is 0 Å². The molecule has 1 saturated carbocycles. The van der Waals surface area contributed by atoms with Gasteiger partial charge >= 0.3 is 28.9 Å². The van der Waals surface area contributed by atoms with Crippen molar-refractivity contribution in [2.24, 2.45) is 0 Å². The fourth-order valence-electron chi connectivity index (χ4n) is 3.45. The number of hydrogen-bond acceptors (Lipinski definition) is 9. The molecule has 1 aliphatic heterocycles. The van der Waals surface area contributed by atoms with Crippen LogP contribution in [0.15, 0.2) is 12.7 Å². The van der Waals surface area contributed by atoms with Crippen molar-refractivity contribution in [1.82, 2.24) is 19.5 Å². The van der Waals surface area contributed by atoms with Crippen LogP contribution >= 0.6 is 7.82 Å². The SMILES string of the molecule is Nc1ncnc2c1ncn2C1OC(COP(=O)(O)O)C(O)C1O.[NH-]C1CCCCC1[NH-].[Pt+2]. The number of nitrogen functional groups attached to an aromatic ring is 1. The number of imidazole rings is 1. The first-order chi connectivity index (χ1) is 14.6. The van der Waals surface area contributed by atoms with Gasteiger partial charge in [-0.25, -0.2) is 19.5 Å². The minimum absolute atomic E-state index is 0. The topological polar surface area (TPSA) is 234 Å². The van der Waals surface area contributed by atoms with E-state index in [1.807, 2.05) is 0 Å². The number of phosphoric ester groups is 1. The summed E-state index contributed by atoms with van der Waals surface area (Å²) >= 11 is 0. The summed E-state index contributed by atoms with van der Waals surface area (Å²) in [7, 11) is -4.72. The molecule has 1 aliphatic carbocycles. The molecule has 2 fully saturated rings. The molecule has 2 aromatic heterocycles. The van der Waals surface area contributed by atoms with Crippen LogP contribution in [-0.2, 0) is 34.9 Å². The van der Waals surface area contributed by atoms with Crippen molar-refractivity contribution in [2.45, 2.75) is 62.3 Å². The fourth-order valence-corrected chi connectivity index (χ4v) is 3.80. The van der Waals surface area contributed by atoms with E-state index in [0.29, 0.717) is 5.52 Å². The second kappa shape index (κ2) is 11.4. The number of aromatic nitrogens is 4. The average molecular weight is 654 g/mol. The Morgan fingerprint density at radius 1 is 1.16 bits per heavy atom. The van der Waals surface area contributed by atoms with Crippen LogP contribution in [0.5, 0.6) is 0 Å². The summed E-state index contributed by atoms with van der Waals surface area (Å²) in [4.78, 5) is 29.2. The number of aliphatic hydroxyl groups excluding tert-OH is 2. The van der Waals surface area contributed by atoms with Gasteiger partial charge in [0.05, 0.1) is 12.9 Å². The van der Waals surface area contributed by atoms with Crippen LogP contribution in [0.4, 0.5) is 5.82 Å². The maximum absolute atomic E-state index is 10.7. The van der Waals surface area contributed by atoms with Crippen molar-refractivity contribution in [3.63, 3.8) is 0 Å². The van der Waals surface area contributed by atoms with Crippen molar-refractivity contribution < 1.29 is 54.9 Å². The second-order valence-electron chi connectivity index (χ2n) is 7.41. The molecule has 14 nitrogen and oxygen atoms in total. The van der Waals surface area contributed by atoms with Crippen LogP contribution in [0.1, 0.15) is 31.9 Å². The van der Waals surface area contributed by atoms with E-state index in [0.717, 1.165) is 12.8 Å². The van der Waals surface area contributed by atoms with E-state index in [2.05, 4.69) is 19.5 Å². The molecule has 6 unspecified atom stereocenters. The predicted octanol–water partition coefficient (Wildman–Crippen LogP) is 0.536. The zero-order valence-electron chi connectivity index (χ0n) is 16.8. The van der Waals surface area contributed by atoms with Gasteiger partial charge in [0, 0.05) is 0 Å². The number of nitrogens with one attached hydrogen (secondary N) is 2. The van der Waals surface area contributed by atoms with Gasteiger partial charge in [0.15, 0.2) is 17.7 Å². The summed E-state index contributed by atoms with van der Waals surface area (Å²) in [6, 6.07) is -0.160. The van der Waals surface area contributed by atoms with Crippen LogP contribution in [0.2, 0.25) is 0 Å². The predicted molar refractivity (Wildman–Crippen MR) is 108 cm³/mol. The van der Waals surface area contributed by atoms with Crippen LogP contribution in [-0.4, -0.2) is 76.5 Å². The van der Waals surface area contributed by atoms with E-state index in [9.17, 15) is 14.8 Å². The van der Waals surface area contributed by atoms with E-state index >= 15 is 0 Å². The van der Waals surface area contributed by atoms with Crippen molar-refractivity contribution >= 4 is 24.8 Å². The molecule has 3 heterocycles. The average Bonchev–Trinajstić information content (AvgIpc) is 3.25. The van der Waals surface area contributed by atoms with Crippen molar-refractivity contribution in [3.05, 3.63) is 24.1 Å². The van der Waals surface area contributed by atoms with Crippen molar-refractivity contribution in [3.8, 4) is 0 Å². The van der Waals surface area contributed by atoms with Gasteiger partial charge in [-0.2, -0.15) is 12.1 Å². The molecular weight excluding hydrogens is 628 g/mol. The van der Waals surface area contributed by atoms with Crippen LogP contribution < -0.4 is 5.73 Å². The summed E-state index contributed by atoms with van der Waals surface area (Å²) < 4.78 is 21.8. The Labute approximate surface area is 198 Å². The van der Waals surface area contributed by atoms with Crippen molar-refractivity contribution in [2.75, 3.05) is 12.3 Å². The Morgan fingerprint density at radius 3 is 2.34 bits per heavy atom. The van der Waals surface area contributed by atoms with Gasteiger partial charge in [0.25, 0.3) is 0 Å². The van der Waals surface area contributed by atoms with Gasteiger partial charge in [-0.3, -0.25) is 9.09 Å². The molecule has 0 amide bonds. The third kappa shape index (κ3) is 6.51. The van der Waals surface area contributed by atoms with Gasteiger partial charge < -0.3 is 41.9 Å². The number of nitrogens with two attached hydrogens (primary N) is 1. The maximum atomic E-state index is 10.7. The zero-order chi connectivity index (χ0) is 22.8. The number of rotatable bonds is 4. The quantitative estimate of drug-likeness (QED) is 0.285. The van der Waals surface area contributed by atoms with E-state index in [1.54, 1.807) is 0 Å².